The molecular formula is C15H28N2O2. The van der Waals surface area contributed by atoms with E-state index in [1.807, 2.05) is 7.11 Å². The van der Waals surface area contributed by atoms with E-state index in [9.17, 15) is 0 Å². The Labute approximate surface area is 116 Å². The molecule has 110 valence electrons. The van der Waals surface area contributed by atoms with Crippen LogP contribution in [-0.4, -0.2) is 62.5 Å². The summed E-state index contributed by atoms with van der Waals surface area (Å²) in [5.74, 6) is 0. The highest BCUT2D eigenvalue weighted by Gasteiger charge is 2.37. The number of ether oxygens (including phenoxy) is 2. The van der Waals surface area contributed by atoms with Gasteiger partial charge in [-0.15, -0.1) is 0 Å². The molecule has 3 rings (SSSR count). The molecule has 1 N–H and O–H groups in total. The fourth-order valence-corrected chi connectivity index (χ4v) is 3.63. The lowest BCUT2D eigenvalue weighted by Gasteiger charge is -2.47. The zero-order chi connectivity index (χ0) is 13.1. The van der Waals surface area contributed by atoms with E-state index in [1.165, 1.54) is 38.5 Å². The molecule has 0 bridgehead atoms. The molecule has 0 spiro atoms. The molecule has 1 saturated heterocycles. The van der Waals surface area contributed by atoms with Gasteiger partial charge in [-0.05, 0) is 25.7 Å². The largest absolute Gasteiger partial charge is 0.383 e. The number of rotatable bonds is 6. The van der Waals surface area contributed by atoms with E-state index in [-0.39, 0.29) is 0 Å². The number of hydrogen-bond donors (Lipinski definition) is 1. The van der Waals surface area contributed by atoms with Gasteiger partial charge in [0.05, 0.1) is 19.3 Å². The van der Waals surface area contributed by atoms with Gasteiger partial charge < -0.3 is 14.8 Å². The smallest absolute Gasteiger partial charge is 0.0731 e. The SMILES string of the molecule is COCC(CNC1CC1)N1CCOC2CCCCC21. The van der Waals surface area contributed by atoms with Crippen molar-refractivity contribution in [2.75, 3.05) is 33.4 Å². The third-order valence-corrected chi connectivity index (χ3v) is 4.82. The lowest BCUT2D eigenvalue weighted by Crippen LogP contribution is -2.59. The monoisotopic (exact) mass is 268 g/mol. The molecular weight excluding hydrogens is 240 g/mol. The van der Waals surface area contributed by atoms with Crippen molar-refractivity contribution in [3.8, 4) is 0 Å². The first-order valence-corrected chi connectivity index (χ1v) is 7.98. The normalized spacial score (nSPS) is 33.9. The molecule has 1 aliphatic heterocycles. The summed E-state index contributed by atoms with van der Waals surface area (Å²) in [6, 6.07) is 1.92. The minimum Gasteiger partial charge on any atom is -0.383 e. The summed E-state index contributed by atoms with van der Waals surface area (Å²) in [6.07, 6.45) is 8.43. The Bertz CT molecular complexity index is 281. The average Bonchev–Trinajstić information content (AvgIpc) is 3.27. The summed E-state index contributed by atoms with van der Waals surface area (Å²) in [4.78, 5) is 2.67. The Morgan fingerprint density at radius 3 is 2.89 bits per heavy atom. The molecule has 4 heteroatoms. The zero-order valence-electron chi connectivity index (χ0n) is 12.1. The van der Waals surface area contributed by atoms with Crippen molar-refractivity contribution < 1.29 is 9.47 Å². The average molecular weight is 268 g/mol. The van der Waals surface area contributed by atoms with E-state index in [0.717, 1.165) is 32.3 Å². The minimum absolute atomic E-state index is 0.475. The highest BCUT2D eigenvalue weighted by atomic mass is 16.5. The van der Waals surface area contributed by atoms with E-state index in [0.29, 0.717) is 18.2 Å². The molecule has 3 atom stereocenters. The maximum atomic E-state index is 5.98. The third kappa shape index (κ3) is 3.48. The maximum absolute atomic E-state index is 5.98. The molecule has 0 amide bonds. The van der Waals surface area contributed by atoms with E-state index in [1.54, 1.807) is 0 Å². The van der Waals surface area contributed by atoms with E-state index >= 15 is 0 Å². The molecule has 0 radical (unpaired) electrons. The fourth-order valence-electron chi connectivity index (χ4n) is 3.63. The van der Waals surface area contributed by atoms with Crippen molar-refractivity contribution in [2.45, 2.75) is 62.8 Å². The van der Waals surface area contributed by atoms with Crippen LogP contribution in [0, 0.1) is 0 Å². The topological polar surface area (TPSA) is 33.7 Å². The molecule has 3 aliphatic rings. The van der Waals surface area contributed by atoms with Crippen LogP contribution in [0.4, 0.5) is 0 Å². The zero-order valence-corrected chi connectivity index (χ0v) is 12.1. The summed E-state index contributed by atoms with van der Waals surface area (Å²) in [7, 11) is 1.82. The van der Waals surface area contributed by atoms with Crippen molar-refractivity contribution in [1.29, 1.82) is 0 Å². The van der Waals surface area contributed by atoms with Gasteiger partial charge in [-0.3, -0.25) is 4.90 Å². The predicted octanol–water partition coefficient (Wildman–Crippen LogP) is 1.40. The van der Waals surface area contributed by atoms with E-state index < -0.39 is 0 Å². The van der Waals surface area contributed by atoms with Crippen molar-refractivity contribution in [1.82, 2.24) is 10.2 Å². The summed E-state index contributed by atoms with van der Waals surface area (Å²) >= 11 is 0. The molecule has 19 heavy (non-hydrogen) atoms. The standard InChI is InChI=1S/C15H28N2O2/c1-18-11-13(10-16-12-6-7-12)17-8-9-19-15-5-3-2-4-14(15)17/h12-16H,2-11H2,1H3. The van der Waals surface area contributed by atoms with Gasteiger partial charge in [0.2, 0.25) is 0 Å². The molecule has 3 unspecified atom stereocenters. The van der Waals surface area contributed by atoms with Crippen LogP contribution in [0.25, 0.3) is 0 Å². The molecule has 0 aromatic heterocycles. The Morgan fingerprint density at radius 1 is 1.26 bits per heavy atom. The summed E-state index contributed by atoms with van der Waals surface area (Å²) < 4.78 is 11.4. The van der Waals surface area contributed by atoms with Gasteiger partial charge in [-0.2, -0.15) is 0 Å². The predicted molar refractivity (Wildman–Crippen MR) is 75.4 cm³/mol. The highest BCUT2D eigenvalue weighted by molar-refractivity contribution is 4.92. The molecule has 0 aromatic carbocycles. The first-order chi connectivity index (χ1) is 9.38. The Morgan fingerprint density at radius 2 is 2.11 bits per heavy atom. The van der Waals surface area contributed by atoms with Crippen molar-refractivity contribution in [3.05, 3.63) is 0 Å². The Balaban J connectivity index is 1.60. The molecule has 3 fully saturated rings. The molecule has 2 aliphatic carbocycles. The first-order valence-electron chi connectivity index (χ1n) is 7.98. The maximum Gasteiger partial charge on any atom is 0.0731 e. The minimum atomic E-state index is 0.475. The summed E-state index contributed by atoms with van der Waals surface area (Å²) in [5.41, 5.74) is 0. The van der Waals surface area contributed by atoms with Gasteiger partial charge in [0.1, 0.15) is 0 Å². The Kier molecular flexibility index (Phi) is 4.74. The van der Waals surface area contributed by atoms with Crippen LogP contribution >= 0.6 is 0 Å². The van der Waals surface area contributed by atoms with Crippen LogP contribution in [0.5, 0.6) is 0 Å². The van der Waals surface area contributed by atoms with Crippen molar-refractivity contribution in [2.24, 2.45) is 0 Å². The number of methoxy groups -OCH3 is 1. The molecule has 0 aromatic rings. The lowest BCUT2D eigenvalue weighted by atomic mass is 9.89. The van der Waals surface area contributed by atoms with Crippen LogP contribution in [0.3, 0.4) is 0 Å². The fraction of sp³-hybridized carbons (Fsp3) is 1.00. The molecule has 1 heterocycles. The molecule has 4 nitrogen and oxygen atoms in total. The van der Waals surface area contributed by atoms with Crippen LogP contribution < -0.4 is 5.32 Å². The van der Waals surface area contributed by atoms with Gasteiger partial charge in [-0.25, -0.2) is 0 Å². The number of nitrogens with zero attached hydrogens (tertiary/aromatic N) is 1. The first kappa shape index (κ1) is 13.8. The van der Waals surface area contributed by atoms with Crippen LogP contribution in [0.15, 0.2) is 0 Å². The van der Waals surface area contributed by atoms with E-state index in [2.05, 4.69) is 10.2 Å². The van der Waals surface area contributed by atoms with Gasteiger partial charge in [0.15, 0.2) is 0 Å². The lowest BCUT2D eigenvalue weighted by molar-refractivity contribution is -0.109. The second-order valence-corrected chi connectivity index (χ2v) is 6.29. The van der Waals surface area contributed by atoms with E-state index in [4.69, 9.17) is 9.47 Å². The van der Waals surface area contributed by atoms with Gasteiger partial charge in [-0.1, -0.05) is 12.8 Å². The second-order valence-electron chi connectivity index (χ2n) is 6.29. The summed E-state index contributed by atoms with van der Waals surface area (Å²) in [6.45, 7) is 3.87. The highest BCUT2D eigenvalue weighted by Crippen LogP contribution is 2.30. The third-order valence-electron chi connectivity index (χ3n) is 4.82. The summed E-state index contributed by atoms with van der Waals surface area (Å²) in [5, 5.41) is 3.67. The van der Waals surface area contributed by atoms with Crippen LogP contribution in [-0.2, 0) is 9.47 Å². The quantitative estimate of drug-likeness (QED) is 0.789. The number of morpholine rings is 1. The number of fused-ring (bicyclic) bond motifs is 1. The van der Waals surface area contributed by atoms with Gasteiger partial charge in [0, 0.05) is 38.3 Å². The van der Waals surface area contributed by atoms with Crippen LogP contribution in [0.2, 0.25) is 0 Å². The number of nitrogens with one attached hydrogen (secondary N) is 1. The van der Waals surface area contributed by atoms with Crippen molar-refractivity contribution >= 4 is 0 Å². The van der Waals surface area contributed by atoms with Crippen LogP contribution in [0.1, 0.15) is 38.5 Å². The number of hydrogen-bond acceptors (Lipinski definition) is 4. The van der Waals surface area contributed by atoms with Gasteiger partial charge in [0.25, 0.3) is 0 Å². The Hall–Kier alpha value is -0.160. The molecule has 2 saturated carbocycles. The second kappa shape index (κ2) is 6.53. The van der Waals surface area contributed by atoms with Gasteiger partial charge >= 0.3 is 0 Å². The van der Waals surface area contributed by atoms with Crippen molar-refractivity contribution in [3.63, 3.8) is 0 Å².